The number of allylic oxidation sites excluding steroid dienone is 8. The van der Waals surface area contributed by atoms with Crippen LogP contribution >= 0.6 is 0 Å². The van der Waals surface area contributed by atoms with Gasteiger partial charge in [-0.2, -0.15) is 0 Å². The van der Waals surface area contributed by atoms with Gasteiger partial charge in [0.15, 0.2) is 0 Å². The molecule has 0 fully saturated rings. The van der Waals surface area contributed by atoms with Crippen LogP contribution in [0.2, 0.25) is 0 Å². The van der Waals surface area contributed by atoms with E-state index >= 15 is 0 Å². The molecule has 0 saturated carbocycles. The van der Waals surface area contributed by atoms with Crippen LogP contribution in [0, 0.1) is 12.3 Å². The summed E-state index contributed by atoms with van der Waals surface area (Å²) in [5.74, 6) is 0. The third kappa shape index (κ3) is 8.22. The van der Waals surface area contributed by atoms with Crippen molar-refractivity contribution in [1.82, 2.24) is 4.57 Å². The largest absolute Gasteiger partial charge is 0.402 e. The second-order valence-corrected chi connectivity index (χ2v) is 12.0. The number of aromatic nitrogens is 1. The third-order valence-corrected chi connectivity index (χ3v) is 8.77. The first-order valence-corrected chi connectivity index (χ1v) is 17.9. The van der Waals surface area contributed by atoms with Crippen LogP contribution < -0.4 is 5.73 Å². The highest BCUT2D eigenvalue weighted by atomic mass is 15.0. The van der Waals surface area contributed by atoms with E-state index in [0.717, 1.165) is 77.6 Å². The van der Waals surface area contributed by atoms with E-state index in [4.69, 9.17) is 11.1 Å². The van der Waals surface area contributed by atoms with Crippen molar-refractivity contribution in [3.8, 4) is 27.9 Å². The maximum atomic E-state index is 8.31. The molecule has 3 N–H and O–H groups in total. The van der Waals surface area contributed by atoms with Gasteiger partial charge in [-0.1, -0.05) is 161 Å². The molecule has 5 aromatic carbocycles. The average molecular weight is 682 g/mol. The lowest BCUT2D eigenvalue weighted by Gasteiger charge is -2.16. The lowest BCUT2D eigenvalue weighted by atomic mass is 9.94. The van der Waals surface area contributed by atoms with E-state index in [1.54, 1.807) is 6.08 Å². The monoisotopic (exact) mass is 681 g/mol. The number of benzene rings is 5. The Hall–Kier alpha value is -6.19. The summed E-state index contributed by atoms with van der Waals surface area (Å²) in [7, 11) is 0. The Morgan fingerprint density at radius 3 is 1.77 bits per heavy atom. The van der Waals surface area contributed by atoms with Crippen molar-refractivity contribution in [2.45, 2.75) is 41.5 Å². The molecule has 1 aromatic heterocycles. The molecule has 6 rings (SSSR count). The first-order valence-electron chi connectivity index (χ1n) is 17.9. The topological polar surface area (TPSA) is 54.8 Å². The zero-order valence-corrected chi connectivity index (χ0v) is 31.4. The molecule has 3 nitrogen and oxygen atoms in total. The van der Waals surface area contributed by atoms with Crippen molar-refractivity contribution in [1.29, 1.82) is 5.41 Å². The van der Waals surface area contributed by atoms with Crippen LogP contribution in [0.3, 0.4) is 0 Å². The number of rotatable bonds is 9. The van der Waals surface area contributed by atoms with E-state index in [2.05, 4.69) is 128 Å². The number of fused-ring (bicyclic) bond motifs is 3. The Morgan fingerprint density at radius 1 is 0.692 bits per heavy atom. The molecule has 262 valence electrons. The van der Waals surface area contributed by atoms with Gasteiger partial charge in [-0.3, -0.25) is 0 Å². The first kappa shape index (κ1) is 38.6. The highest BCUT2D eigenvalue weighted by Crippen LogP contribution is 2.41. The van der Waals surface area contributed by atoms with Gasteiger partial charge in [0.25, 0.3) is 0 Å². The van der Waals surface area contributed by atoms with E-state index < -0.39 is 0 Å². The van der Waals surface area contributed by atoms with Gasteiger partial charge in [0, 0.05) is 45.2 Å². The molecule has 0 aliphatic rings. The quantitative estimate of drug-likeness (QED) is 0.116. The average Bonchev–Trinajstić information content (AvgIpc) is 3.48. The summed E-state index contributed by atoms with van der Waals surface area (Å²) in [6.07, 6.45) is 17.0. The van der Waals surface area contributed by atoms with E-state index in [-0.39, 0.29) is 0 Å². The molecule has 0 amide bonds. The number of hydrogen-bond donors (Lipinski definition) is 2. The molecule has 0 spiro atoms. The zero-order valence-electron chi connectivity index (χ0n) is 31.4. The summed E-state index contributed by atoms with van der Waals surface area (Å²) in [4.78, 5) is 0. The standard InChI is InChI=1S/C40H35N3.C7H10.C2H6/c1-5-13-30-18-19-36-35(34(30)6-2)20-21-37-39(38(25-41)26(3)42)27(4)43(40(36)37)33-23-31(28-14-9-7-10-15-28)22-32(24-33)29-16-11-8-12-17-29;1-3-5-7-6-4-2;1-2/h5-25,41H,2,42H2,1,3-4H3;3-7H,1H2,2H3;1-2H3/b13-5-,38-26+,41-25?;6-4-,7-5-;. The number of hydrogen-bond acceptors (Lipinski definition) is 2. The summed E-state index contributed by atoms with van der Waals surface area (Å²) in [6.45, 7) is 19.7. The van der Waals surface area contributed by atoms with Crippen molar-refractivity contribution in [2.24, 2.45) is 5.73 Å². The maximum Gasteiger partial charge on any atom is 0.0616 e. The minimum atomic E-state index is 0.621. The van der Waals surface area contributed by atoms with E-state index in [1.807, 2.05) is 77.1 Å². The van der Waals surface area contributed by atoms with Crippen LogP contribution in [-0.2, 0) is 0 Å². The predicted octanol–water partition coefficient (Wildman–Crippen LogP) is 13.8. The van der Waals surface area contributed by atoms with Gasteiger partial charge in [0.05, 0.1) is 5.52 Å². The fourth-order valence-corrected chi connectivity index (χ4v) is 6.53. The molecule has 0 atom stereocenters. The minimum absolute atomic E-state index is 0.621. The van der Waals surface area contributed by atoms with Gasteiger partial charge < -0.3 is 15.7 Å². The van der Waals surface area contributed by atoms with Gasteiger partial charge in [0.2, 0.25) is 0 Å². The number of nitrogens with zero attached hydrogens (tertiary/aromatic N) is 1. The molecule has 0 radical (unpaired) electrons. The van der Waals surface area contributed by atoms with Crippen molar-refractivity contribution in [3.63, 3.8) is 0 Å². The van der Waals surface area contributed by atoms with Gasteiger partial charge in [0.1, 0.15) is 0 Å². The van der Waals surface area contributed by atoms with Crippen LogP contribution in [0.1, 0.15) is 57.0 Å². The van der Waals surface area contributed by atoms with Crippen molar-refractivity contribution in [2.75, 3.05) is 0 Å². The van der Waals surface area contributed by atoms with Crippen LogP contribution in [0.4, 0.5) is 0 Å². The maximum absolute atomic E-state index is 8.31. The van der Waals surface area contributed by atoms with Crippen LogP contribution in [0.15, 0.2) is 158 Å². The lowest BCUT2D eigenvalue weighted by Crippen LogP contribution is -2.02. The summed E-state index contributed by atoms with van der Waals surface area (Å²) in [5, 5.41) is 11.6. The van der Waals surface area contributed by atoms with Crippen LogP contribution in [0.5, 0.6) is 0 Å². The SMILES string of the molecule is C=C/C=C\C=C/C.C=Cc1c(/C=C\C)ccc2c1ccc1c(/C(C=N)=C(\C)N)c(C)n(-c3cc(-c4ccccc4)cc(-c4ccccc4)c3)c12.CC. The summed E-state index contributed by atoms with van der Waals surface area (Å²) in [5.41, 5.74) is 18.7. The number of nitrogens with two attached hydrogens (primary N) is 1. The minimum Gasteiger partial charge on any atom is -0.402 e. The zero-order chi connectivity index (χ0) is 37.6. The van der Waals surface area contributed by atoms with Gasteiger partial charge >= 0.3 is 0 Å². The molecule has 0 aliphatic carbocycles. The van der Waals surface area contributed by atoms with E-state index in [9.17, 15) is 0 Å². The van der Waals surface area contributed by atoms with Crippen molar-refractivity contribution < 1.29 is 0 Å². The molecule has 0 saturated heterocycles. The Morgan fingerprint density at radius 2 is 1.27 bits per heavy atom. The van der Waals surface area contributed by atoms with E-state index in [1.165, 1.54) is 6.21 Å². The first-order chi connectivity index (χ1) is 25.4. The predicted molar refractivity (Wildman–Crippen MR) is 232 cm³/mol. The Balaban J connectivity index is 0.000000604. The molecular formula is C49H51N3. The molecular weight excluding hydrogens is 631 g/mol. The summed E-state index contributed by atoms with van der Waals surface area (Å²) < 4.78 is 2.35. The third-order valence-electron chi connectivity index (χ3n) is 8.77. The highest BCUT2D eigenvalue weighted by molar-refractivity contribution is 6.20. The smallest absolute Gasteiger partial charge is 0.0616 e. The Kier molecular flexibility index (Phi) is 13.9. The molecule has 6 aromatic rings. The molecule has 0 unspecified atom stereocenters. The highest BCUT2D eigenvalue weighted by Gasteiger charge is 2.22. The Labute approximate surface area is 310 Å². The lowest BCUT2D eigenvalue weighted by molar-refractivity contribution is 1.05. The number of nitrogens with one attached hydrogen (secondary N) is 1. The second kappa shape index (κ2) is 18.7. The molecule has 3 heteroatoms. The van der Waals surface area contributed by atoms with Gasteiger partial charge in [-0.15, -0.1) is 0 Å². The van der Waals surface area contributed by atoms with Crippen molar-refractivity contribution >= 4 is 45.6 Å². The van der Waals surface area contributed by atoms with Crippen LogP contribution in [-0.4, -0.2) is 10.8 Å². The molecule has 0 bridgehead atoms. The summed E-state index contributed by atoms with van der Waals surface area (Å²) in [6, 6.07) is 36.6. The van der Waals surface area contributed by atoms with Crippen LogP contribution in [0.25, 0.3) is 67.3 Å². The summed E-state index contributed by atoms with van der Waals surface area (Å²) >= 11 is 0. The van der Waals surface area contributed by atoms with Gasteiger partial charge in [-0.25, -0.2) is 0 Å². The molecule has 52 heavy (non-hydrogen) atoms. The fourth-order valence-electron chi connectivity index (χ4n) is 6.53. The van der Waals surface area contributed by atoms with Crippen molar-refractivity contribution in [3.05, 3.63) is 181 Å². The fraction of sp³-hybridized carbons (Fsp3) is 0.122. The Bertz CT molecular complexity index is 2230. The molecule has 0 aliphatic heterocycles. The molecule has 1 heterocycles. The van der Waals surface area contributed by atoms with E-state index in [0.29, 0.717) is 5.70 Å². The normalized spacial score (nSPS) is 11.7. The van der Waals surface area contributed by atoms with Gasteiger partial charge in [-0.05, 0) is 84.7 Å². The second-order valence-electron chi connectivity index (χ2n) is 12.0.